The van der Waals surface area contributed by atoms with Gasteiger partial charge in [-0.1, -0.05) is 40.5 Å². The van der Waals surface area contributed by atoms with Crippen LogP contribution in [0.4, 0.5) is 5.69 Å². The fourth-order valence-electron chi connectivity index (χ4n) is 2.23. The molecule has 0 saturated carbocycles. The second-order valence-corrected chi connectivity index (χ2v) is 5.07. The van der Waals surface area contributed by atoms with E-state index >= 15 is 0 Å². The molecule has 116 valence electrons. The Kier molecular flexibility index (Phi) is 7.73. The summed E-state index contributed by atoms with van der Waals surface area (Å²) in [5.41, 5.74) is 10.8. The molecular formula is C18H29N3. The summed E-state index contributed by atoms with van der Waals surface area (Å²) in [6.07, 6.45) is 6.77. The highest BCUT2D eigenvalue weighted by Crippen LogP contribution is 2.19. The van der Waals surface area contributed by atoms with E-state index in [1.807, 2.05) is 32.0 Å². The minimum absolute atomic E-state index is 0.754. The zero-order valence-electron chi connectivity index (χ0n) is 13.9. The van der Waals surface area contributed by atoms with E-state index in [0.29, 0.717) is 0 Å². The number of fused-ring (bicyclic) bond motifs is 1. The summed E-state index contributed by atoms with van der Waals surface area (Å²) in [5, 5.41) is 0. The van der Waals surface area contributed by atoms with E-state index in [1.165, 1.54) is 31.4 Å². The maximum atomic E-state index is 5.82. The Bertz CT molecular complexity index is 549. The lowest BCUT2D eigenvalue weighted by atomic mass is 10.1. The van der Waals surface area contributed by atoms with Crippen LogP contribution >= 0.6 is 0 Å². The van der Waals surface area contributed by atoms with Gasteiger partial charge in [0, 0.05) is 5.69 Å². The number of anilines is 1. The van der Waals surface area contributed by atoms with Crippen LogP contribution in [0, 0.1) is 0 Å². The van der Waals surface area contributed by atoms with Gasteiger partial charge in [0.25, 0.3) is 0 Å². The Morgan fingerprint density at radius 2 is 1.38 bits per heavy atom. The lowest BCUT2D eigenvalue weighted by Gasteiger charge is -2.09. The number of benzene rings is 1. The van der Waals surface area contributed by atoms with Crippen molar-refractivity contribution in [3.8, 4) is 0 Å². The summed E-state index contributed by atoms with van der Waals surface area (Å²) in [6.45, 7) is 8.42. The Morgan fingerprint density at radius 1 is 0.857 bits per heavy atom. The van der Waals surface area contributed by atoms with E-state index in [4.69, 9.17) is 15.7 Å². The van der Waals surface area contributed by atoms with Crippen LogP contribution in [0.25, 0.3) is 11.0 Å². The molecule has 1 aromatic heterocycles. The summed E-state index contributed by atoms with van der Waals surface area (Å²) in [6, 6.07) is 5.78. The molecule has 0 radical (unpaired) electrons. The fraction of sp³-hybridized carbons (Fsp3) is 0.556. The lowest BCUT2D eigenvalue weighted by molar-refractivity contribution is 0.729. The van der Waals surface area contributed by atoms with E-state index < -0.39 is 0 Å². The highest BCUT2D eigenvalue weighted by Gasteiger charge is 2.08. The van der Waals surface area contributed by atoms with Crippen LogP contribution in [-0.2, 0) is 12.8 Å². The molecular weight excluding hydrogens is 258 g/mol. The minimum Gasteiger partial charge on any atom is -0.399 e. The highest BCUT2D eigenvalue weighted by atomic mass is 14.8. The molecule has 0 fully saturated rings. The summed E-state index contributed by atoms with van der Waals surface area (Å²) in [7, 11) is 0. The number of aryl methyl sites for hydroxylation is 2. The number of nitrogens with zero attached hydrogens (tertiary/aromatic N) is 2. The molecule has 21 heavy (non-hydrogen) atoms. The normalized spacial score (nSPS) is 10.3. The number of nitrogens with two attached hydrogens (primary N) is 1. The van der Waals surface area contributed by atoms with Crippen molar-refractivity contribution in [2.45, 2.75) is 66.2 Å². The first-order chi connectivity index (χ1) is 10.2. The van der Waals surface area contributed by atoms with Gasteiger partial charge in [-0.2, -0.15) is 0 Å². The van der Waals surface area contributed by atoms with Crippen molar-refractivity contribution in [3.05, 3.63) is 29.6 Å². The van der Waals surface area contributed by atoms with Crippen LogP contribution in [0.3, 0.4) is 0 Å². The van der Waals surface area contributed by atoms with Crippen LogP contribution in [-0.4, -0.2) is 9.97 Å². The Labute approximate surface area is 129 Å². The van der Waals surface area contributed by atoms with Crippen LogP contribution in [0.1, 0.15) is 64.8 Å². The van der Waals surface area contributed by atoms with Gasteiger partial charge in [-0.3, -0.25) is 0 Å². The van der Waals surface area contributed by atoms with Crippen molar-refractivity contribution in [1.29, 1.82) is 0 Å². The number of aromatic nitrogens is 2. The van der Waals surface area contributed by atoms with Crippen molar-refractivity contribution >= 4 is 16.7 Å². The van der Waals surface area contributed by atoms with Crippen LogP contribution in [0.15, 0.2) is 18.2 Å². The van der Waals surface area contributed by atoms with Crippen molar-refractivity contribution in [1.82, 2.24) is 9.97 Å². The first kappa shape index (κ1) is 17.4. The van der Waals surface area contributed by atoms with Gasteiger partial charge in [-0.05, 0) is 43.9 Å². The first-order valence-corrected chi connectivity index (χ1v) is 8.29. The summed E-state index contributed by atoms with van der Waals surface area (Å²) < 4.78 is 0. The monoisotopic (exact) mass is 287 g/mol. The van der Waals surface area contributed by atoms with Crippen molar-refractivity contribution in [2.75, 3.05) is 5.73 Å². The van der Waals surface area contributed by atoms with Gasteiger partial charge in [0.1, 0.15) is 0 Å². The quantitative estimate of drug-likeness (QED) is 0.767. The third-order valence-corrected chi connectivity index (χ3v) is 3.38. The topological polar surface area (TPSA) is 51.8 Å². The number of nitrogen functional groups attached to an aromatic ring is 1. The fourth-order valence-corrected chi connectivity index (χ4v) is 2.23. The molecule has 0 saturated heterocycles. The number of rotatable bonds is 6. The predicted octanol–water partition coefficient (Wildman–Crippen LogP) is 4.92. The van der Waals surface area contributed by atoms with E-state index in [2.05, 4.69) is 13.8 Å². The molecule has 1 aromatic carbocycles. The van der Waals surface area contributed by atoms with Crippen molar-refractivity contribution in [3.63, 3.8) is 0 Å². The summed E-state index contributed by atoms with van der Waals surface area (Å²) >= 11 is 0. The Balaban J connectivity index is 0.00000106. The maximum absolute atomic E-state index is 5.82. The number of hydrogen-bond acceptors (Lipinski definition) is 3. The highest BCUT2D eigenvalue weighted by molar-refractivity contribution is 5.78. The molecule has 1 heterocycles. The Hall–Kier alpha value is -1.64. The average Bonchev–Trinajstić information content (AvgIpc) is 2.52. The average molecular weight is 287 g/mol. The molecule has 0 spiro atoms. The van der Waals surface area contributed by atoms with Gasteiger partial charge in [-0.25, -0.2) is 9.97 Å². The molecule has 0 aliphatic rings. The van der Waals surface area contributed by atoms with Gasteiger partial charge in [0.2, 0.25) is 0 Å². The Morgan fingerprint density at radius 3 is 1.90 bits per heavy atom. The van der Waals surface area contributed by atoms with Gasteiger partial charge < -0.3 is 5.73 Å². The van der Waals surface area contributed by atoms with Gasteiger partial charge in [0.05, 0.1) is 22.4 Å². The second kappa shape index (κ2) is 9.32. The van der Waals surface area contributed by atoms with Crippen molar-refractivity contribution < 1.29 is 0 Å². The van der Waals surface area contributed by atoms with E-state index in [-0.39, 0.29) is 0 Å². The van der Waals surface area contributed by atoms with E-state index in [0.717, 1.165) is 35.3 Å². The minimum atomic E-state index is 0.754. The van der Waals surface area contributed by atoms with Gasteiger partial charge in [0.15, 0.2) is 0 Å². The summed E-state index contributed by atoms with van der Waals surface area (Å²) in [5.74, 6) is 0. The number of unbranched alkanes of at least 4 members (excludes halogenated alkanes) is 2. The summed E-state index contributed by atoms with van der Waals surface area (Å²) in [4.78, 5) is 9.57. The zero-order valence-corrected chi connectivity index (χ0v) is 13.9. The zero-order chi connectivity index (χ0) is 15.7. The standard InChI is InChI=1S/C16H23N3.C2H6/c1-3-5-7-13-14(8-6-4-2)19-16-11-12(17)9-10-15(16)18-13;1-2/h9-11H,3-8,17H2,1-2H3;1-2H3. The third kappa shape index (κ3) is 5.00. The molecule has 0 amide bonds. The van der Waals surface area contributed by atoms with E-state index in [9.17, 15) is 0 Å². The van der Waals surface area contributed by atoms with Crippen LogP contribution < -0.4 is 5.73 Å². The van der Waals surface area contributed by atoms with E-state index in [1.54, 1.807) is 0 Å². The molecule has 3 heteroatoms. The SMILES string of the molecule is CC.CCCCc1nc2ccc(N)cc2nc1CCCC. The first-order valence-electron chi connectivity index (χ1n) is 8.29. The van der Waals surface area contributed by atoms with Crippen molar-refractivity contribution in [2.24, 2.45) is 0 Å². The van der Waals surface area contributed by atoms with Gasteiger partial charge in [-0.15, -0.1) is 0 Å². The second-order valence-electron chi connectivity index (χ2n) is 5.07. The molecule has 0 unspecified atom stereocenters. The molecule has 0 bridgehead atoms. The smallest absolute Gasteiger partial charge is 0.0910 e. The molecule has 0 aliphatic heterocycles. The third-order valence-electron chi connectivity index (χ3n) is 3.38. The predicted molar refractivity (Wildman–Crippen MR) is 92.5 cm³/mol. The van der Waals surface area contributed by atoms with Crippen LogP contribution in [0.5, 0.6) is 0 Å². The molecule has 2 N–H and O–H groups in total. The number of hydrogen-bond donors (Lipinski definition) is 1. The molecule has 2 aromatic rings. The largest absolute Gasteiger partial charge is 0.399 e. The maximum Gasteiger partial charge on any atom is 0.0910 e. The lowest BCUT2D eigenvalue weighted by Crippen LogP contribution is -2.03. The molecule has 0 atom stereocenters. The van der Waals surface area contributed by atoms with Gasteiger partial charge >= 0.3 is 0 Å². The molecule has 2 rings (SSSR count). The van der Waals surface area contributed by atoms with Crippen LogP contribution in [0.2, 0.25) is 0 Å². The molecule has 3 nitrogen and oxygen atoms in total. The molecule has 0 aliphatic carbocycles.